The molecule has 0 spiro atoms. The Morgan fingerprint density at radius 3 is 2.33 bits per heavy atom. The standard InChI is InChI=1S/C23H29ClN2O3S/c1-26(18-19-8-3-2-4-9-19)17-7-16-25-22(27)23(14-5-6-15-23)30(28,29)21-12-10-20(24)11-13-21/h2-4,8-13H,5-7,14-18H2,1H3,(H,25,27). The molecule has 5 nitrogen and oxygen atoms in total. The fraction of sp³-hybridized carbons (Fsp3) is 0.435. The van der Waals surface area contributed by atoms with Crippen LogP contribution in [0.2, 0.25) is 5.02 Å². The predicted molar refractivity (Wildman–Crippen MR) is 120 cm³/mol. The molecule has 0 aromatic heterocycles. The molecule has 0 bridgehead atoms. The van der Waals surface area contributed by atoms with Crippen molar-refractivity contribution >= 4 is 27.3 Å². The lowest BCUT2D eigenvalue weighted by atomic mass is 10.1. The molecule has 0 heterocycles. The van der Waals surface area contributed by atoms with E-state index in [1.165, 1.54) is 17.7 Å². The van der Waals surface area contributed by atoms with Gasteiger partial charge in [0.25, 0.3) is 0 Å². The van der Waals surface area contributed by atoms with Gasteiger partial charge in [-0.2, -0.15) is 0 Å². The van der Waals surface area contributed by atoms with Crippen molar-refractivity contribution < 1.29 is 13.2 Å². The van der Waals surface area contributed by atoms with Crippen LogP contribution in [0.5, 0.6) is 0 Å². The van der Waals surface area contributed by atoms with Gasteiger partial charge in [-0.1, -0.05) is 54.8 Å². The van der Waals surface area contributed by atoms with Crippen LogP contribution in [0.4, 0.5) is 0 Å². The molecular formula is C23H29ClN2O3S. The van der Waals surface area contributed by atoms with Crippen LogP contribution in [-0.4, -0.2) is 44.1 Å². The smallest absolute Gasteiger partial charge is 0.241 e. The highest BCUT2D eigenvalue weighted by Gasteiger charge is 2.52. The molecule has 0 radical (unpaired) electrons. The number of hydrogen-bond donors (Lipinski definition) is 1. The SMILES string of the molecule is CN(CCCNC(=O)C1(S(=O)(=O)c2ccc(Cl)cc2)CCCC1)Cc1ccccc1. The molecule has 0 saturated heterocycles. The van der Waals surface area contributed by atoms with Crippen LogP contribution in [0.15, 0.2) is 59.5 Å². The highest BCUT2D eigenvalue weighted by molar-refractivity contribution is 7.93. The summed E-state index contributed by atoms with van der Waals surface area (Å²) in [6.07, 6.45) is 2.95. The quantitative estimate of drug-likeness (QED) is 0.587. The van der Waals surface area contributed by atoms with Crippen LogP contribution < -0.4 is 5.32 Å². The number of benzene rings is 2. The highest BCUT2D eigenvalue weighted by Crippen LogP contribution is 2.41. The number of hydrogen-bond acceptors (Lipinski definition) is 4. The summed E-state index contributed by atoms with van der Waals surface area (Å²) in [5.41, 5.74) is 1.24. The van der Waals surface area contributed by atoms with E-state index in [4.69, 9.17) is 11.6 Å². The average Bonchev–Trinajstić information content (AvgIpc) is 3.24. The first-order valence-electron chi connectivity index (χ1n) is 10.4. The maximum Gasteiger partial charge on any atom is 0.241 e. The van der Waals surface area contributed by atoms with Gasteiger partial charge in [0.1, 0.15) is 0 Å². The molecule has 1 amide bonds. The Hall–Kier alpha value is -1.89. The number of amides is 1. The Kier molecular flexibility index (Phi) is 7.55. The summed E-state index contributed by atoms with van der Waals surface area (Å²) in [5, 5.41) is 3.37. The van der Waals surface area contributed by atoms with Crippen LogP contribution in [0, 0.1) is 0 Å². The maximum atomic E-state index is 13.3. The number of sulfone groups is 1. The number of nitrogens with one attached hydrogen (secondary N) is 1. The lowest BCUT2D eigenvalue weighted by Gasteiger charge is -2.28. The summed E-state index contributed by atoms with van der Waals surface area (Å²) in [6, 6.07) is 16.3. The molecule has 1 saturated carbocycles. The Morgan fingerprint density at radius 2 is 1.70 bits per heavy atom. The molecule has 2 aromatic carbocycles. The van der Waals surface area contributed by atoms with E-state index in [9.17, 15) is 13.2 Å². The van der Waals surface area contributed by atoms with Gasteiger partial charge in [0.15, 0.2) is 14.6 Å². The summed E-state index contributed by atoms with van der Waals surface area (Å²) >= 11 is 5.90. The molecule has 0 aliphatic heterocycles. The Morgan fingerprint density at radius 1 is 1.07 bits per heavy atom. The largest absolute Gasteiger partial charge is 0.355 e. The zero-order chi connectivity index (χ0) is 21.6. The maximum absolute atomic E-state index is 13.3. The van der Waals surface area contributed by atoms with E-state index in [1.807, 2.05) is 25.2 Å². The van der Waals surface area contributed by atoms with Crippen LogP contribution in [-0.2, 0) is 21.2 Å². The normalized spacial score (nSPS) is 16.0. The first kappa shape index (κ1) is 22.8. The Balaban J connectivity index is 1.58. The third-order valence-corrected chi connectivity index (χ3v) is 8.53. The van der Waals surface area contributed by atoms with E-state index >= 15 is 0 Å². The molecule has 0 unspecified atom stereocenters. The molecule has 0 atom stereocenters. The second kappa shape index (κ2) is 9.94. The second-order valence-corrected chi connectivity index (χ2v) is 10.7. The topological polar surface area (TPSA) is 66.5 Å². The molecule has 1 fully saturated rings. The predicted octanol–water partition coefficient (Wildman–Crippen LogP) is 4.06. The molecule has 162 valence electrons. The van der Waals surface area contributed by atoms with Crippen molar-refractivity contribution in [3.05, 3.63) is 65.2 Å². The molecule has 1 aliphatic carbocycles. The van der Waals surface area contributed by atoms with Crippen LogP contribution in [0.25, 0.3) is 0 Å². The minimum Gasteiger partial charge on any atom is -0.355 e. The van der Waals surface area contributed by atoms with Gasteiger partial charge in [0.2, 0.25) is 5.91 Å². The summed E-state index contributed by atoms with van der Waals surface area (Å²) in [6.45, 7) is 2.10. The number of halogens is 1. The van der Waals surface area contributed by atoms with E-state index in [2.05, 4.69) is 22.3 Å². The summed E-state index contributed by atoms with van der Waals surface area (Å²) in [7, 11) is -1.75. The lowest BCUT2D eigenvalue weighted by Crippen LogP contribution is -2.51. The molecule has 30 heavy (non-hydrogen) atoms. The average molecular weight is 449 g/mol. The van der Waals surface area contributed by atoms with E-state index in [0.717, 1.165) is 32.4 Å². The van der Waals surface area contributed by atoms with E-state index in [-0.39, 0.29) is 10.8 Å². The fourth-order valence-electron chi connectivity index (χ4n) is 4.09. The number of carbonyl (C=O) groups is 1. The van der Waals surface area contributed by atoms with Gasteiger partial charge >= 0.3 is 0 Å². The molecule has 3 rings (SSSR count). The van der Waals surface area contributed by atoms with Crippen molar-refractivity contribution in [3.8, 4) is 0 Å². The minimum atomic E-state index is -3.79. The van der Waals surface area contributed by atoms with Gasteiger partial charge in [-0.15, -0.1) is 0 Å². The first-order chi connectivity index (χ1) is 14.3. The zero-order valence-corrected chi connectivity index (χ0v) is 18.9. The molecule has 1 N–H and O–H groups in total. The van der Waals surface area contributed by atoms with Crippen LogP contribution in [0.3, 0.4) is 0 Å². The molecule has 1 aliphatic rings. The van der Waals surface area contributed by atoms with Crippen LogP contribution >= 0.6 is 11.6 Å². The summed E-state index contributed by atoms with van der Waals surface area (Å²) in [5.74, 6) is -0.374. The molecular weight excluding hydrogens is 420 g/mol. The van der Waals surface area contributed by atoms with E-state index < -0.39 is 14.6 Å². The number of carbonyl (C=O) groups excluding carboxylic acids is 1. The molecule has 2 aromatic rings. The van der Waals surface area contributed by atoms with Gasteiger partial charge in [0, 0.05) is 18.1 Å². The van der Waals surface area contributed by atoms with Crippen molar-refractivity contribution in [2.24, 2.45) is 0 Å². The van der Waals surface area contributed by atoms with E-state index in [1.54, 1.807) is 12.1 Å². The number of nitrogens with zero attached hydrogens (tertiary/aromatic N) is 1. The minimum absolute atomic E-state index is 0.159. The first-order valence-corrected chi connectivity index (χ1v) is 12.2. The lowest BCUT2D eigenvalue weighted by molar-refractivity contribution is -0.123. The van der Waals surface area contributed by atoms with E-state index in [0.29, 0.717) is 24.4 Å². The Labute approximate surface area is 184 Å². The Bertz CT molecular complexity index is 940. The van der Waals surface area contributed by atoms with Gasteiger partial charge in [-0.25, -0.2) is 8.42 Å². The third kappa shape index (κ3) is 5.05. The van der Waals surface area contributed by atoms with Crippen molar-refractivity contribution in [2.45, 2.75) is 48.3 Å². The zero-order valence-electron chi connectivity index (χ0n) is 17.3. The summed E-state index contributed by atoms with van der Waals surface area (Å²) in [4.78, 5) is 15.4. The summed E-state index contributed by atoms with van der Waals surface area (Å²) < 4.78 is 25.3. The van der Waals surface area contributed by atoms with Crippen molar-refractivity contribution in [3.63, 3.8) is 0 Å². The molecule has 7 heteroatoms. The number of rotatable bonds is 9. The van der Waals surface area contributed by atoms with Crippen LogP contribution in [0.1, 0.15) is 37.7 Å². The van der Waals surface area contributed by atoms with Gasteiger partial charge in [0.05, 0.1) is 4.90 Å². The third-order valence-electron chi connectivity index (χ3n) is 5.76. The van der Waals surface area contributed by atoms with Gasteiger partial charge in [-0.3, -0.25) is 4.79 Å². The van der Waals surface area contributed by atoms with Crippen molar-refractivity contribution in [1.29, 1.82) is 0 Å². The second-order valence-electron chi connectivity index (χ2n) is 7.99. The van der Waals surface area contributed by atoms with Crippen molar-refractivity contribution in [2.75, 3.05) is 20.1 Å². The highest BCUT2D eigenvalue weighted by atomic mass is 35.5. The fourth-order valence-corrected chi connectivity index (χ4v) is 6.30. The monoisotopic (exact) mass is 448 g/mol. The van der Waals surface area contributed by atoms with Gasteiger partial charge < -0.3 is 10.2 Å². The van der Waals surface area contributed by atoms with Crippen molar-refractivity contribution in [1.82, 2.24) is 10.2 Å². The van der Waals surface area contributed by atoms with Gasteiger partial charge in [-0.05, 0) is 62.7 Å².